The lowest BCUT2D eigenvalue weighted by Gasteiger charge is -1.98. The third-order valence-corrected chi connectivity index (χ3v) is 1.97. The van der Waals surface area contributed by atoms with Gasteiger partial charge in [0.05, 0.1) is 5.35 Å². The van der Waals surface area contributed by atoms with Gasteiger partial charge in [-0.1, -0.05) is 32.1 Å². The molecule has 1 aromatic rings. The van der Waals surface area contributed by atoms with Crippen LogP contribution in [-0.4, -0.2) is 4.98 Å². The van der Waals surface area contributed by atoms with Crippen molar-refractivity contribution in [2.75, 3.05) is 0 Å². The topological polar surface area (TPSA) is 12.9 Å². The van der Waals surface area contributed by atoms with Gasteiger partial charge in [-0.3, -0.25) is 4.98 Å². The molecular weight excluding hydrogens is 158 g/mol. The maximum Gasteiger partial charge on any atom is 0.0662 e. The number of hydrogen-bond acceptors (Lipinski definition) is 1. The minimum absolute atomic E-state index is 1.11. The average Bonchev–Trinajstić information content (AvgIpc) is 2.21. The van der Waals surface area contributed by atoms with Crippen LogP contribution >= 0.6 is 0 Å². The van der Waals surface area contributed by atoms with Crippen LogP contribution in [0, 0.1) is 6.92 Å². The summed E-state index contributed by atoms with van der Waals surface area (Å²) < 4.78 is 0. The van der Waals surface area contributed by atoms with Crippen LogP contribution in [0.4, 0.5) is 0 Å². The van der Waals surface area contributed by atoms with E-state index in [1.54, 1.807) is 0 Å². The quantitative estimate of drug-likeness (QED) is 0.585. The second-order valence-corrected chi connectivity index (χ2v) is 2.91. The van der Waals surface area contributed by atoms with Crippen LogP contribution in [0.1, 0.15) is 32.4 Å². The molecule has 0 unspecified atom stereocenters. The second-order valence-electron chi connectivity index (χ2n) is 2.91. The summed E-state index contributed by atoms with van der Waals surface area (Å²) in [4.78, 5) is 4.43. The molecule has 13 heavy (non-hydrogen) atoms. The molecule has 70 valence electrons. The lowest BCUT2D eigenvalue weighted by molar-refractivity contribution is 1.05. The number of hydrogen-bond donors (Lipinski definition) is 0. The Bertz CT molecular complexity index is 377. The highest BCUT2D eigenvalue weighted by Crippen LogP contribution is 1.94. The van der Waals surface area contributed by atoms with Gasteiger partial charge >= 0.3 is 0 Å². The van der Waals surface area contributed by atoms with Crippen LogP contribution in [0.2, 0.25) is 0 Å². The van der Waals surface area contributed by atoms with Crippen LogP contribution in [0.5, 0.6) is 0 Å². The smallest absolute Gasteiger partial charge is 0.0662 e. The van der Waals surface area contributed by atoms with Crippen molar-refractivity contribution in [1.82, 2.24) is 4.98 Å². The van der Waals surface area contributed by atoms with Crippen molar-refractivity contribution in [2.24, 2.45) is 0 Å². The van der Waals surface area contributed by atoms with E-state index in [4.69, 9.17) is 0 Å². The third-order valence-electron chi connectivity index (χ3n) is 1.97. The van der Waals surface area contributed by atoms with E-state index < -0.39 is 0 Å². The second kappa shape index (κ2) is 4.80. The van der Waals surface area contributed by atoms with Crippen molar-refractivity contribution in [3.63, 3.8) is 0 Å². The molecule has 0 radical (unpaired) electrons. The van der Waals surface area contributed by atoms with E-state index >= 15 is 0 Å². The first-order chi connectivity index (χ1) is 6.36. The SMILES string of the molecule is CC.Cc1ccc2c(n1)=CCCC=2. The zero-order valence-electron chi connectivity index (χ0n) is 8.67. The normalized spacial score (nSPS) is 12.8. The van der Waals surface area contributed by atoms with Gasteiger partial charge in [-0.25, -0.2) is 0 Å². The lowest BCUT2D eigenvalue weighted by atomic mass is 10.1. The molecule has 0 fully saturated rings. The molecule has 2 rings (SSSR count). The van der Waals surface area contributed by atoms with Gasteiger partial charge in [0.1, 0.15) is 0 Å². The molecule has 0 N–H and O–H groups in total. The van der Waals surface area contributed by atoms with E-state index in [1.165, 1.54) is 5.22 Å². The van der Waals surface area contributed by atoms with Gasteiger partial charge in [0.25, 0.3) is 0 Å². The number of aryl methyl sites for hydroxylation is 1. The van der Waals surface area contributed by atoms with Gasteiger partial charge < -0.3 is 0 Å². The molecule has 0 aromatic carbocycles. The summed E-state index contributed by atoms with van der Waals surface area (Å²) in [6, 6.07) is 4.21. The molecule has 0 saturated carbocycles. The molecule has 1 nitrogen and oxygen atoms in total. The van der Waals surface area contributed by atoms with Crippen molar-refractivity contribution in [1.29, 1.82) is 0 Å². The number of fused-ring (bicyclic) bond motifs is 1. The van der Waals surface area contributed by atoms with Crippen LogP contribution in [0.25, 0.3) is 12.2 Å². The third kappa shape index (κ3) is 2.41. The fourth-order valence-corrected chi connectivity index (χ4v) is 1.38. The van der Waals surface area contributed by atoms with Crippen molar-refractivity contribution in [3.8, 4) is 0 Å². The summed E-state index contributed by atoms with van der Waals surface area (Å²) in [6.45, 7) is 6.03. The average molecular weight is 175 g/mol. The summed E-state index contributed by atoms with van der Waals surface area (Å²) in [5.74, 6) is 0. The Morgan fingerprint density at radius 1 is 1.08 bits per heavy atom. The fraction of sp³-hybridized carbons (Fsp3) is 0.417. The summed E-state index contributed by atoms with van der Waals surface area (Å²) in [6.07, 6.45) is 6.77. The summed E-state index contributed by atoms with van der Waals surface area (Å²) in [7, 11) is 0. The van der Waals surface area contributed by atoms with E-state index in [-0.39, 0.29) is 0 Å². The molecule has 0 amide bonds. The van der Waals surface area contributed by atoms with Crippen LogP contribution in [0.15, 0.2) is 12.1 Å². The Hall–Kier alpha value is -1.11. The van der Waals surface area contributed by atoms with Gasteiger partial charge in [0.2, 0.25) is 0 Å². The van der Waals surface area contributed by atoms with Crippen molar-refractivity contribution in [3.05, 3.63) is 28.4 Å². The van der Waals surface area contributed by atoms with Gasteiger partial charge in [-0.2, -0.15) is 0 Å². The molecule has 0 saturated heterocycles. The molecule has 1 heterocycles. The number of aromatic nitrogens is 1. The van der Waals surface area contributed by atoms with Gasteiger partial charge in [-0.15, -0.1) is 0 Å². The lowest BCUT2D eigenvalue weighted by Crippen LogP contribution is -2.30. The summed E-state index contributed by atoms with van der Waals surface area (Å²) in [5.41, 5.74) is 1.11. The molecule has 0 spiro atoms. The molecule has 1 aliphatic rings. The van der Waals surface area contributed by atoms with Gasteiger partial charge in [-0.05, 0) is 31.1 Å². The number of pyridine rings is 1. The van der Waals surface area contributed by atoms with E-state index in [2.05, 4.69) is 29.3 Å². The van der Waals surface area contributed by atoms with Gasteiger partial charge in [0.15, 0.2) is 0 Å². The van der Waals surface area contributed by atoms with E-state index in [9.17, 15) is 0 Å². The van der Waals surface area contributed by atoms with Crippen molar-refractivity contribution < 1.29 is 0 Å². The highest BCUT2D eigenvalue weighted by Gasteiger charge is 1.93. The maximum absolute atomic E-state index is 4.43. The van der Waals surface area contributed by atoms with E-state index in [0.29, 0.717) is 0 Å². The standard InChI is InChI=1S/C10H11N.C2H6/c1-8-6-7-9-4-2-3-5-10(9)11-8;1-2/h4-7H,2-3H2,1H3;1-2H3. The van der Waals surface area contributed by atoms with E-state index in [1.807, 2.05) is 20.8 Å². The monoisotopic (exact) mass is 175 g/mol. The predicted molar refractivity (Wildman–Crippen MR) is 57.7 cm³/mol. The highest BCUT2D eigenvalue weighted by atomic mass is 14.7. The molecule has 1 aliphatic carbocycles. The molecule has 0 atom stereocenters. The van der Waals surface area contributed by atoms with Crippen LogP contribution < -0.4 is 10.6 Å². The molecule has 1 heteroatoms. The van der Waals surface area contributed by atoms with Crippen molar-refractivity contribution >= 4 is 12.2 Å². The minimum atomic E-state index is 1.11. The highest BCUT2D eigenvalue weighted by molar-refractivity contribution is 5.35. The maximum atomic E-state index is 4.43. The molecule has 0 bridgehead atoms. The first-order valence-electron chi connectivity index (χ1n) is 5.00. The predicted octanol–water partition coefficient (Wildman–Crippen LogP) is 1.77. The zero-order chi connectivity index (χ0) is 9.68. The first kappa shape index (κ1) is 9.97. The first-order valence-corrected chi connectivity index (χ1v) is 5.00. The van der Waals surface area contributed by atoms with Crippen LogP contribution in [0.3, 0.4) is 0 Å². The van der Waals surface area contributed by atoms with Gasteiger partial charge in [0, 0.05) is 5.69 Å². The summed E-state index contributed by atoms with van der Waals surface area (Å²) >= 11 is 0. The Morgan fingerprint density at radius 2 is 1.77 bits per heavy atom. The Labute approximate surface area is 79.8 Å². The Morgan fingerprint density at radius 3 is 2.54 bits per heavy atom. The number of nitrogens with zero attached hydrogens (tertiary/aromatic N) is 1. The summed E-state index contributed by atoms with van der Waals surface area (Å²) in [5, 5.41) is 2.46. The van der Waals surface area contributed by atoms with Crippen LogP contribution in [-0.2, 0) is 0 Å². The molecule has 0 aliphatic heterocycles. The molecular formula is C12H17N. The fourth-order valence-electron chi connectivity index (χ4n) is 1.38. The Balaban J connectivity index is 0.000000396. The Kier molecular flexibility index (Phi) is 3.69. The minimum Gasteiger partial charge on any atom is -0.253 e. The number of rotatable bonds is 0. The van der Waals surface area contributed by atoms with E-state index in [0.717, 1.165) is 23.9 Å². The van der Waals surface area contributed by atoms with Crippen molar-refractivity contribution in [2.45, 2.75) is 33.6 Å². The molecule has 1 aromatic heterocycles. The zero-order valence-corrected chi connectivity index (χ0v) is 8.67. The largest absolute Gasteiger partial charge is 0.253 e.